The Morgan fingerprint density at radius 1 is 1.00 bits per heavy atom. The summed E-state index contributed by atoms with van der Waals surface area (Å²) in [6.07, 6.45) is 1.14. The lowest BCUT2D eigenvalue weighted by molar-refractivity contribution is 1.07. The molecular weight excluding hydrogens is 284 g/mol. The minimum Gasteiger partial charge on any atom is -0.237 e. The Kier molecular flexibility index (Phi) is 5.78. The van der Waals surface area contributed by atoms with Gasteiger partial charge in [-0.25, -0.2) is 5.01 Å². The number of hydrogen-bond donors (Lipinski definition) is 0. The largest absolute Gasteiger partial charge is 0.237 e. The number of rotatable bonds is 4. The molecule has 1 rings (SSSR count). The van der Waals surface area contributed by atoms with E-state index in [9.17, 15) is 0 Å². The zero-order valence-electron chi connectivity index (χ0n) is 10.6. The Morgan fingerprint density at radius 2 is 1.57 bits per heavy atom. The molecule has 0 bridgehead atoms. The fraction of sp³-hybridized carbons (Fsp3) is 0. The van der Waals surface area contributed by atoms with Crippen LogP contribution < -0.4 is 5.01 Å². The molecule has 7 heteroatoms. The minimum absolute atomic E-state index is 0.215. The lowest BCUT2D eigenvalue weighted by Gasteiger charge is -2.14. The lowest BCUT2D eigenvalue weighted by Crippen LogP contribution is -2.11. The summed E-state index contributed by atoms with van der Waals surface area (Å²) in [4.78, 5) is 0. The zero-order chi connectivity index (χ0) is 15.7. The van der Waals surface area contributed by atoms with E-state index in [1.165, 1.54) is 5.37 Å². The molecule has 0 N–H and O–H groups in total. The minimum atomic E-state index is -0.402. The number of nitriles is 4. The van der Waals surface area contributed by atoms with E-state index in [1.807, 2.05) is 0 Å². The van der Waals surface area contributed by atoms with Crippen LogP contribution in [0.1, 0.15) is 5.56 Å². The summed E-state index contributed by atoms with van der Waals surface area (Å²) < 4.78 is 0. The lowest BCUT2D eigenvalue weighted by atomic mass is 10.2. The Labute approximate surface area is 126 Å². The first-order valence-corrected chi connectivity index (χ1v) is 5.91. The van der Waals surface area contributed by atoms with Gasteiger partial charge in [-0.3, -0.25) is 0 Å². The van der Waals surface area contributed by atoms with Gasteiger partial charge in [0, 0.05) is 5.37 Å². The van der Waals surface area contributed by atoms with Gasteiger partial charge >= 0.3 is 0 Å². The van der Waals surface area contributed by atoms with E-state index in [0.29, 0.717) is 5.69 Å². The van der Waals surface area contributed by atoms with Crippen molar-refractivity contribution >= 4 is 29.0 Å². The van der Waals surface area contributed by atoms with E-state index in [1.54, 1.807) is 48.5 Å². The van der Waals surface area contributed by atoms with Crippen molar-refractivity contribution in [2.45, 2.75) is 0 Å². The van der Waals surface area contributed by atoms with Gasteiger partial charge in [0.1, 0.15) is 29.8 Å². The predicted molar refractivity (Wildman–Crippen MR) is 79.6 cm³/mol. The summed E-state index contributed by atoms with van der Waals surface area (Å²) in [6.45, 7) is 0. The summed E-state index contributed by atoms with van der Waals surface area (Å²) in [7, 11) is 0. The summed E-state index contributed by atoms with van der Waals surface area (Å²) in [5.74, 6) is 0. The van der Waals surface area contributed by atoms with Gasteiger partial charge in [-0.15, -0.1) is 5.10 Å². The van der Waals surface area contributed by atoms with Gasteiger partial charge in [-0.1, -0.05) is 24.4 Å². The van der Waals surface area contributed by atoms with E-state index in [2.05, 4.69) is 5.10 Å². The molecule has 0 aliphatic rings. The molecule has 0 unspecified atom stereocenters. The van der Waals surface area contributed by atoms with Crippen LogP contribution in [0, 0.1) is 45.3 Å². The van der Waals surface area contributed by atoms with Crippen molar-refractivity contribution in [3.05, 3.63) is 41.6 Å². The second-order valence-corrected chi connectivity index (χ2v) is 3.73. The molecule has 0 spiro atoms. The first-order valence-electron chi connectivity index (χ1n) is 5.43. The van der Waals surface area contributed by atoms with Gasteiger partial charge < -0.3 is 0 Å². The molecule has 0 saturated carbocycles. The number of thiocarbonyl (C=S) groups is 1. The molecule has 0 radical (unpaired) electrons. The molecule has 1 aromatic rings. The van der Waals surface area contributed by atoms with Crippen molar-refractivity contribution in [2.24, 2.45) is 5.10 Å². The van der Waals surface area contributed by atoms with E-state index in [0.717, 1.165) is 16.8 Å². The van der Waals surface area contributed by atoms with Crippen molar-refractivity contribution in [3.8, 4) is 24.3 Å². The fourth-order valence-electron chi connectivity index (χ4n) is 1.25. The molecular formula is C14H6N6S. The highest BCUT2D eigenvalue weighted by atomic mass is 32.1. The van der Waals surface area contributed by atoms with Crippen LogP contribution in [0.2, 0.25) is 0 Å². The van der Waals surface area contributed by atoms with Crippen molar-refractivity contribution < 1.29 is 0 Å². The number of allylic oxidation sites excluding steroid dienone is 1. The molecule has 0 fully saturated rings. The van der Waals surface area contributed by atoms with Crippen LogP contribution in [-0.2, 0) is 0 Å². The van der Waals surface area contributed by atoms with Gasteiger partial charge in [0.2, 0.25) is 5.71 Å². The van der Waals surface area contributed by atoms with Crippen molar-refractivity contribution in [1.29, 1.82) is 21.0 Å². The quantitative estimate of drug-likeness (QED) is 0.363. The molecule has 21 heavy (non-hydrogen) atoms. The van der Waals surface area contributed by atoms with Crippen LogP contribution in [0.25, 0.3) is 0 Å². The van der Waals surface area contributed by atoms with E-state index < -0.39 is 5.71 Å². The maximum atomic E-state index is 8.79. The molecule has 0 atom stereocenters. The van der Waals surface area contributed by atoms with Gasteiger partial charge in [0.25, 0.3) is 0 Å². The fourth-order valence-corrected chi connectivity index (χ4v) is 1.41. The Morgan fingerprint density at radius 3 is 2.00 bits per heavy atom. The third-order valence-electron chi connectivity index (χ3n) is 2.21. The zero-order valence-corrected chi connectivity index (χ0v) is 11.4. The van der Waals surface area contributed by atoms with Crippen molar-refractivity contribution in [1.82, 2.24) is 0 Å². The molecule has 98 valence electrons. The highest BCUT2D eigenvalue weighted by molar-refractivity contribution is 7.79. The Hall–Kier alpha value is -3.52. The van der Waals surface area contributed by atoms with E-state index in [-0.39, 0.29) is 5.57 Å². The maximum absolute atomic E-state index is 8.79. The van der Waals surface area contributed by atoms with E-state index >= 15 is 0 Å². The molecule has 6 nitrogen and oxygen atoms in total. The molecule has 0 heterocycles. The number of nitrogens with zero attached hydrogens (tertiary/aromatic N) is 6. The summed E-state index contributed by atoms with van der Waals surface area (Å²) >= 11 is 4.79. The van der Waals surface area contributed by atoms with Crippen LogP contribution in [-0.4, -0.2) is 11.1 Å². The first-order chi connectivity index (χ1) is 10.2. The van der Waals surface area contributed by atoms with Gasteiger partial charge in [0.05, 0.1) is 11.9 Å². The molecule has 1 aromatic carbocycles. The van der Waals surface area contributed by atoms with Crippen LogP contribution in [0.4, 0.5) is 5.69 Å². The maximum Gasteiger partial charge on any atom is 0.237 e. The third-order valence-corrected chi connectivity index (χ3v) is 2.48. The summed E-state index contributed by atoms with van der Waals surface area (Å²) in [6, 6.07) is 13.3. The Balaban J connectivity index is 3.36. The number of benzene rings is 1. The van der Waals surface area contributed by atoms with Crippen molar-refractivity contribution in [2.75, 3.05) is 5.01 Å². The van der Waals surface area contributed by atoms with E-state index in [4.69, 9.17) is 33.3 Å². The van der Waals surface area contributed by atoms with Crippen LogP contribution in [0.15, 0.2) is 41.1 Å². The van der Waals surface area contributed by atoms with Crippen LogP contribution in [0.5, 0.6) is 0 Å². The van der Waals surface area contributed by atoms with Crippen molar-refractivity contribution in [3.63, 3.8) is 0 Å². The average molecular weight is 290 g/mol. The number of hydrogen-bond acceptors (Lipinski definition) is 7. The molecule has 0 aliphatic heterocycles. The van der Waals surface area contributed by atoms with Gasteiger partial charge in [-0.05, 0) is 17.7 Å². The van der Waals surface area contributed by atoms with Gasteiger partial charge in [0.15, 0.2) is 0 Å². The summed E-state index contributed by atoms with van der Waals surface area (Å²) in [5, 5.41) is 41.5. The topological polar surface area (TPSA) is 111 Å². The normalized spacial score (nSPS) is 8.00. The smallest absolute Gasteiger partial charge is 0.237 e. The standard InChI is InChI=1S/C14H6N6S/c15-5-12(6-16)9-20(19-13(7-17)8-18)14-3-1-11(10-21)2-4-14/h1-4,9-10H. The molecule has 0 aromatic heterocycles. The third kappa shape index (κ3) is 4.26. The van der Waals surface area contributed by atoms with Crippen LogP contribution >= 0.6 is 12.2 Å². The van der Waals surface area contributed by atoms with Crippen LogP contribution in [0.3, 0.4) is 0 Å². The predicted octanol–water partition coefficient (Wildman–Crippen LogP) is 2.18. The Bertz CT molecular complexity index is 688. The molecule has 0 amide bonds. The molecule has 0 saturated heterocycles. The average Bonchev–Trinajstić information content (AvgIpc) is 2.55. The number of hydrazone groups is 1. The number of anilines is 1. The monoisotopic (exact) mass is 290 g/mol. The SMILES string of the molecule is N#CC(C#N)=CN(N=C(C#N)C#N)c1ccc(C=S)cc1. The first kappa shape index (κ1) is 15.5. The highest BCUT2D eigenvalue weighted by Gasteiger charge is 2.07. The second kappa shape index (κ2) is 7.81. The highest BCUT2D eigenvalue weighted by Crippen LogP contribution is 2.17. The summed E-state index contributed by atoms with van der Waals surface area (Å²) in [5.41, 5.74) is 0.651. The molecule has 0 aliphatic carbocycles. The second-order valence-electron chi connectivity index (χ2n) is 3.49. The van der Waals surface area contributed by atoms with Gasteiger partial charge in [-0.2, -0.15) is 21.0 Å².